The summed E-state index contributed by atoms with van der Waals surface area (Å²) in [6, 6.07) is 11.8. The van der Waals surface area contributed by atoms with E-state index in [1.165, 1.54) is 17.3 Å². The molecule has 0 saturated carbocycles. The van der Waals surface area contributed by atoms with Crippen LogP contribution in [0.4, 0.5) is 16.1 Å². The van der Waals surface area contributed by atoms with E-state index in [0.717, 1.165) is 60.3 Å². The molecule has 6 nitrogen and oxygen atoms in total. The molecule has 0 aliphatic carbocycles. The summed E-state index contributed by atoms with van der Waals surface area (Å²) in [5, 5.41) is 0.972. The first-order chi connectivity index (χ1) is 14.2. The summed E-state index contributed by atoms with van der Waals surface area (Å²) in [4.78, 5) is 12.5. The van der Waals surface area contributed by atoms with Crippen molar-refractivity contribution in [2.45, 2.75) is 13.0 Å². The van der Waals surface area contributed by atoms with Gasteiger partial charge < -0.3 is 23.9 Å². The number of aromatic nitrogens is 2. The zero-order chi connectivity index (χ0) is 19.4. The molecule has 7 heteroatoms. The van der Waals surface area contributed by atoms with Crippen LogP contribution in [0.3, 0.4) is 0 Å². The highest BCUT2D eigenvalue weighted by atomic mass is 19.1. The van der Waals surface area contributed by atoms with Crippen molar-refractivity contribution < 1.29 is 15.0 Å². The first-order valence-corrected chi connectivity index (χ1v) is 10.0. The van der Waals surface area contributed by atoms with Gasteiger partial charge in [-0.05, 0) is 30.3 Å². The average molecular weight is 394 g/mol. The van der Waals surface area contributed by atoms with Crippen LogP contribution in [0.15, 0.2) is 40.8 Å². The summed E-state index contributed by atoms with van der Waals surface area (Å²) in [7, 11) is 0. The number of rotatable bonds is 2. The van der Waals surface area contributed by atoms with E-state index in [2.05, 4.69) is 31.9 Å². The quantitative estimate of drug-likeness (QED) is 0.555. The summed E-state index contributed by atoms with van der Waals surface area (Å²) in [5.41, 5.74) is 6.13. The van der Waals surface area contributed by atoms with Crippen LogP contribution in [0.25, 0.3) is 22.0 Å². The number of hydrogen-bond donors (Lipinski definition) is 1. The second-order valence-corrected chi connectivity index (χ2v) is 7.69. The van der Waals surface area contributed by atoms with E-state index < -0.39 is 0 Å². The maximum Gasteiger partial charge on any atom is 0.298 e. The Bertz CT molecular complexity index is 1210. The predicted octanol–water partition coefficient (Wildman–Crippen LogP) is 4.09. The maximum atomic E-state index is 13.8. The van der Waals surface area contributed by atoms with Gasteiger partial charge in [-0.15, -0.1) is 0 Å². The van der Waals surface area contributed by atoms with Crippen molar-refractivity contribution in [3.63, 3.8) is 0 Å². The van der Waals surface area contributed by atoms with Crippen molar-refractivity contribution in [1.82, 2.24) is 9.97 Å². The standard InChI is InChI=1S/C22H21FN4O2.H2/c23-14-1-3-18-16(11-14)17-13-27(6-5-19(17)24-18)15-2-4-20-21(12-15)29-22(25-20)26-7-9-28-10-8-26;/h1-4,11-12,24H,5-10,13H2;1H. The maximum absolute atomic E-state index is 13.8. The van der Waals surface area contributed by atoms with Crippen molar-refractivity contribution in [2.24, 2.45) is 0 Å². The van der Waals surface area contributed by atoms with Gasteiger partial charge in [0.15, 0.2) is 5.58 Å². The number of ether oxygens (including phenoxy) is 1. The lowest BCUT2D eigenvalue weighted by molar-refractivity contribution is 0.120. The number of oxazole rings is 1. The molecule has 4 heterocycles. The number of nitrogens with zero attached hydrogens (tertiary/aromatic N) is 3. The third-order valence-electron chi connectivity index (χ3n) is 5.94. The molecule has 1 N–H and O–H groups in total. The van der Waals surface area contributed by atoms with Gasteiger partial charge in [0.1, 0.15) is 11.3 Å². The number of H-pyrrole nitrogens is 1. The third-order valence-corrected chi connectivity index (χ3v) is 5.94. The Morgan fingerprint density at radius 1 is 1.03 bits per heavy atom. The monoisotopic (exact) mass is 394 g/mol. The van der Waals surface area contributed by atoms with Gasteiger partial charge in [0.25, 0.3) is 6.01 Å². The number of anilines is 2. The van der Waals surface area contributed by atoms with Crippen LogP contribution in [-0.2, 0) is 17.7 Å². The lowest BCUT2D eigenvalue weighted by Gasteiger charge is -2.29. The van der Waals surface area contributed by atoms with Crippen molar-refractivity contribution in [2.75, 3.05) is 42.6 Å². The number of morpholine rings is 1. The number of aromatic amines is 1. The largest absolute Gasteiger partial charge is 0.423 e. The van der Waals surface area contributed by atoms with Crippen LogP contribution < -0.4 is 9.80 Å². The fourth-order valence-corrected chi connectivity index (χ4v) is 4.39. The van der Waals surface area contributed by atoms with Crippen LogP contribution >= 0.6 is 0 Å². The number of fused-ring (bicyclic) bond motifs is 4. The highest BCUT2D eigenvalue weighted by molar-refractivity contribution is 5.86. The van der Waals surface area contributed by atoms with Gasteiger partial charge in [-0.25, -0.2) is 4.39 Å². The van der Waals surface area contributed by atoms with Crippen molar-refractivity contribution >= 4 is 33.7 Å². The smallest absolute Gasteiger partial charge is 0.298 e. The minimum Gasteiger partial charge on any atom is -0.423 e. The molecule has 150 valence electrons. The van der Waals surface area contributed by atoms with Crippen molar-refractivity contribution in [3.05, 3.63) is 53.5 Å². The highest BCUT2D eigenvalue weighted by Gasteiger charge is 2.23. The molecule has 1 fully saturated rings. The minimum atomic E-state index is -0.199. The molecule has 0 unspecified atom stereocenters. The summed E-state index contributed by atoms with van der Waals surface area (Å²) in [6.45, 7) is 4.64. The first-order valence-electron chi connectivity index (χ1n) is 10.0. The second-order valence-electron chi connectivity index (χ2n) is 7.69. The highest BCUT2D eigenvalue weighted by Crippen LogP contribution is 2.33. The van der Waals surface area contributed by atoms with E-state index in [1.54, 1.807) is 6.07 Å². The zero-order valence-corrected chi connectivity index (χ0v) is 15.9. The molecule has 0 radical (unpaired) electrons. The van der Waals surface area contributed by atoms with Gasteiger partial charge in [-0.3, -0.25) is 0 Å². The van der Waals surface area contributed by atoms with Gasteiger partial charge >= 0.3 is 0 Å². The Hall–Kier alpha value is -3.06. The van der Waals surface area contributed by atoms with Crippen molar-refractivity contribution in [1.29, 1.82) is 0 Å². The average Bonchev–Trinajstić information content (AvgIpc) is 3.34. The molecule has 2 aromatic heterocycles. The molecule has 0 spiro atoms. The van der Waals surface area contributed by atoms with E-state index in [9.17, 15) is 4.39 Å². The summed E-state index contributed by atoms with van der Waals surface area (Å²) >= 11 is 0. The molecular formula is C22H23FN4O2. The van der Waals surface area contributed by atoms with Crippen LogP contribution in [0.5, 0.6) is 0 Å². The Balaban J connectivity index is 0.00000193. The lowest BCUT2D eigenvalue weighted by Crippen LogP contribution is -2.36. The fourth-order valence-electron chi connectivity index (χ4n) is 4.39. The zero-order valence-electron chi connectivity index (χ0n) is 15.9. The molecular weight excluding hydrogens is 371 g/mol. The Morgan fingerprint density at radius 3 is 2.83 bits per heavy atom. The van der Waals surface area contributed by atoms with E-state index >= 15 is 0 Å². The van der Waals surface area contributed by atoms with Gasteiger partial charge in [-0.2, -0.15) is 4.98 Å². The number of benzene rings is 2. The van der Waals surface area contributed by atoms with Crippen molar-refractivity contribution in [3.8, 4) is 0 Å². The number of hydrogen-bond acceptors (Lipinski definition) is 5. The molecule has 1 saturated heterocycles. The minimum absolute atomic E-state index is 0. The van der Waals surface area contributed by atoms with Crippen LogP contribution in [0.1, 0.15) is 12.7 Å². The number of nitrogens with one attached hydrogen (secondary N) is 1. The fraction of sp³-hybridized carbons (Fsp3) is 0.318. The van der Waals surface area contributed by atoms with Gasteiger partial charge in [-0.1, -0.05) is 0 Å². The van der Waals surface area contributed by atoms with E-state index in [4.69, 9.17) is 9.15 Å². The van der Waals surface area contributed by atoms with Gasteiger partial charge in [0, 0.05) is 67.9 Å². The Labute approximate surface area is 168 Å². The molecule has 2 aliphatic heterocycles. The number of halogens is 1. The van der Waals surface area contributed by atoms with Crippen LogP contribution in [0.2, 0.25) is 0 Å². The second kappa shape index (κ2) is 6.49. The summed E-state index contributed by atoms with van der Waals surface area (Å²) in [6.07, 6.45) is 0.902. The molecule has 0 bridgehead atoms. The predicted molar refractivity (Wildman–Crippen MR) is 112 cm³/mol. The third kappa shape index (κ3) is 2.84. The first kappa shape index (κ1) is 16.9. The topological polar surface area (TPSA) is 57.5 Å². The molecule has 2 aromatic carbocycles. The Morgan fingerprint density at radius 2 is 1.93 bits per heavy atom. The molecule has 2 aliphatic rings. The molecule has 0 atom stereocenters. The lowest BCUT2D eigenvalue weighted by atomic mass is 10.0. The van der Waals surface area contributed by atoms with Gasteiger partial charge in [0.2, 0.25) is 0 Å². The normalized spacial score (nSPS) is 17.3. The summed E-state index contributed by atoms with van der Waals surface area (Å²) in [5.74, 6) is -0.199. The molecule has 6 rings (SSSR count). The van der Waals surface area contributed by atoms with E-state index in [-0.39, 0.29) is 7.24 Å². The van der Waals surface area contributed by atoms with Crippen LogP contribution in [0, 0.1) is 5.82 Å². The molecule has 4 aromatic rings. The van der Waals surface area contributed by atoms with Crippen LogP contribution in [-0.4, -0.2) is 42.8 Å². The SMILES string of the molecule is Fc1ccc2[nH]c3c(c2c1)CN(c1ccc2nc(N4CCOCC4)oc2c1)CC3.[HH]. The van der Waals surface area contributed by atoms with Gasteiger partial charge in [0.05, 0.1) is 13.2 Å². The molecule has 0 amide bonds. The summed E-state index contributed by atoms with van der Waals surface area (Å²) < 4.78 is 25.2. The van der Waals surface area contributed by atoms with E-state index in [0.29, 0.717) is 19.2 Å². The van der Waals surface area contributed by atoms with E-state index in [1.807, 2.05) is 12.1 Å². The Kier molecular flexibility index (Phi) is 3.77. The molecule has 29 heavy (non-hydrogen) atoms.